The minimum Gasteiger partial charge on any atom is -0.480 e. The third-order valence-corrected chi connectivity index (χ3v) is 7.27. The van der Waals surface area contributed by atoms with Gasteiger partial charge in [0.05, 0.1) is 6.04 Å². The van der Waals surface area contributed by atoms with Crippen LogP contribution in [0.15, 0.2) is 0 Å². The van der Waals surface area contributed by atoms with Crippen LogP contribution in [0.4, 0.5) is 22.0 Å². The number of ether oxygens (including phenoxy) is 1. The van der Waals surface area contributed by atoms with Crippen molar-refractivity contribution in [2.75, 3.05) is 19.7 Å². The van der Waals surface area contributed by atoms with Gasteiger partial charge >= 0.3 is 0 Å². The molecule has 0 bridgehead atoms. The molecular formula is C22H24F5N3O4. The number of benzene rings is 1. The van der Waals surface area contributed by atoms with E-state index in [9.17, 15) is 36.3 Å². The number of ketones is 1. The van der Waals surface area contributed by atoms with E-state index in [1.165, 1.54) is 0 Å². The fourth-order valence-corrected chi connectivity index (χ4v) is 5.31. The first-order chi connectivity index (χ1) is 16.1. The van der Waals surface area contributed by atoms with Gasteiger partial charge in [0, 0.05) is 24.9 Å². The van der Waals surface area contributed by atoms with E-state index in [0.29, 0.717) is 32.4 Å². The van der Waals surface area contributed by atoms with Crippen molar-refractivity contribution in [1.29, 1.82) is 0 Å². The summed E-state index contributed by atoms with van der Waals surface area (Å²) in [4.78, 5) is 36.9. The number of halogens is 5. The van der Waals surface area contributed by atoms with E-state index in [2.05, 4.69) is 10.6 Å². The lowest BCUT2D eigenvalue weighted by molar-refractivity contribution is -0.130. The number of hydrogen-bond donors (Lipinski definition) is 3. The van der Waals surface area contributed by atoms with E-state index in [1.54, 1.807) is 0 Å². The van der Waals surface area contributed by atoms with Gasteiger partial charge in [0.2, 0.25) is 40.9 Å². The predicted molar refractivity (Wildman–Crippen MR) is 107 cm³/mol. The Labute approximate surface area is 191 Å². The Morgan fingerprint density at radius 3 is 2.29 bits per heavy atom. The van der Waals surface area contributed by atoms with Crippen LogP contribution in [-0.2, 0) is 14.4 Å². The molecule has 1 aliphatic carbocycles. The monoisotopic (exact) mass is 489 g/mol. The topological polar surface area (TPSA) is 111 Å². The van der Waals surface area contributed by atoms with Crippen LogP contribution in [0.2, 0.25) is 0 Å². The summed E-state index contributed by atoms with van der Waals surface area (Å²) in [5.74, 6) is -15.4. The molecule has 1 saturated carbocycles. The number of primary amides is 1. The Morgan fingerprint density at radius 2 is 1.71 bits per heavy atom. The maximum absolute atomic E-state index is 13.9. The largest absolute Gasteiger partial charge is 0.480 e. The molecule has 2 heterocycles. The average Bonchev–Trinajstić information content (AvgIpc) is 3.32. The second-order valence-corrected chi connectivity index (χ2v) is 9.34. The zero-order chi connectivity index (χ0) is 24.8. The summed E-state index contributed by atoms with van der Waals surface area (Å²) in [6, 6.07) is -0.552. The van der Waals surface area contributed by atoms with Crippen LogP contribution in [0.3, 0.4) is 0 Å². The van der Waals surface area contributed by atoms with Crippen molar-refractivity contribution in [3.05, 3.63) is 29.1 Å². The lowest BCUT2D eigenvalue weighted by Gasteiger charge is -2.27. The van der Waals surface area contributed by atoms with Gasteiger partial charge in [-0.05, 0) is 43.4 Å². The Morgan fingerprint density at radius 1 is 1.06 bits per heavy atom. The molecule has 1 aromatic carbocycles. The molecule has 34 heavy (non-hydrogen) atoms. The summed E-state index contributed by atoms with van der Waals surface area (Å²) >= 11 is 0. The van der Waals surface area contributed by atoms with Gasteiger partial charge in [-0.15, -0.1) is 0 Å². The molecule has 1 spiro atoms. The first kappa shape index (κ1) is 24.4. The number of carbonyl (C=O) groups excluding carboxylic acids is 3. The fraction of sp³-hybridized carbons (Fsp3) is 0.591. The smallest absolute Gasteiger partial charge is 0.234 e. The molecule has 2 saturated heterocycles. The van der Waals surface area contributed by atoms with Crippen molar-refractivity contribution in [3.63, 3.8) is 0 Å². The van der Waals surface area contributed by atoms with E-state index in [0.717, 1.165) is 6.42 Å². The van der Waals surface area contributed by atoms with Crippen LogP contribution < -0.4 is 21.1 Å². The molecule has 5 atom stereocenters. The first-order valence-corrected chi connectivity index (χ1v) is 11.0. The van der Waals surface area contributed by atoms with Gasteiger partial charge in [0.25, 0.3) is 0 Å². The SMILES string of the molecule is NC(=O)C1CC2(CN1)CC2[C@H](C[C@@H]1CCCNC1=O)C(=O)COc1c(F)c(F)c(F)c(F)c1F. The summed E-state index contributed by atoms with van der Waals surface area (Å²) in [7, 11) is 0. The molecule has 2 amide bonds. The van der Waals surface area contributed by atoms with Gasteiger partial charge in [0.15, 0.2) is 11.5 Å². The summed E-state index contributed by atoms with van der Waals surface area (Å²) in [5.41, 5.74) is 4.98. The molecule has 1 aromatic rings. The summed E-state index contributed by atoms with van der Waals surface area (Å²) in [6.45, 7) is 0.0237. The van der Waals surface area contributed by atoms with Gasteiger partial charge in [-0.25, -0.2) is 13.2 Å². The zero-order valence-electron chi connectivity index (χ0n) is 18.1. The third-order valence-electron chi connectivity index (χ3n) is 7.27. The molecule has 7 nitrogen and oxygen atoms in total. The van der Waals surface area contributed by atoms with Gasteiger partial charge in [-0.1, -0.05) is 0 Å². The highest BCUT2D eigenvalue weighted by atomic mass is 19.2. The maximum atomic E-state index is 13.9. The van der Waals surface area contributed by atoms with E-state index >= 15 is 0 Å². The highest BCUT2D eigenvalue weighted by Crippen LogP contribution is 2.62. The maximum Gasteiger partial charge on any atom is 0.234 e. The Bertz CT molecular complexity index is 1010. The van der Waals surface area contributed by atoms with Gasteiger partial charge in [-0.2, -0.15) is 8.78 Å². The Kier molecular flexibility index (Phi) is 6.54. The van der Waals surface area contributed by atoms with Gasteiger partial charge in [-0.3, -0.25) is 14.4 Å². The van der Waals surface area contributed by atoms with Crippen molar-refractivity contribution in [2.24, 2.45) is 28.9 Å². The van der Waals surface area contributed by atoms with Crippen LogP contribution >= 0.6 is 0 Å². The van der Waals surface area contributed by atoms with Crippen molar-refractivity contribution >= 4 is 17.6 Å². The summed E-state index contributed by atoms with van der Waals surface area (Å²) in [6.07, 6.45) is 2.40. The minimum atomic E-state index is -2.33. The molecule has 4 N–H and O–H groups in total. The minimum absolute atomic E-state index is 0.152. The highest BCUT2D eigenvalue weighted by molar-refractivity contribution is 5.85. The number of piperidine rings is 1. The Balaban J connectivity index is 1.52. The number of rotatable bonds is 8. The van der Waals surface area contributed by atoms with Crippen LogP contribution in [0.1, 0.15) is 32.1 Å². The van der Waals surface area contributed by atoms with Crippen molar-refractivity contribution in [3.8, 4) is 5.75 Å². The quantitative estimate of drug-likeness (QED) is 0.293. The molecule has 2 aliphatic heterocycles. The lowest BCUT2D eigenvalue weighted by atomic mass is 9.81. The van der Waals surface area contributed by atoms with E-state index < -0.39 is 76.4 Å². The molecule has 0 aromatic heterocycles. The van der Waals surface area contributed by atoms with Crippen molar-refractivity contribution in [1.82, 2.24) is 10.6 Å². The van der Waals surface area contributed by atoms with Crippen LogP contribution in [-0.4, -0.2) is 43.3 Å². The number of hydrogen-bond acceptors (Lipinski definition) is 5. The van der Waals surface area contributed by atoms with Crippen LogP contribution in [0, 0.1) is 52.3 Å². The van der Waals surface area contributed by atoms with Gasteiger partial charge in [0.1, 0.15) is 6.61 Å². The molecule has 3 aliphatic rings. The number of Topliss-reactive ketones (excluding diaryl/α,β-unsaturated/α-hetero) is 1. The van der Waals surface area contributed by atoms with Crippen LogP contribution in [0.25, 0.3) is 0 Å². The molecular weight excluding hydrogens is 465 g/mol. The second-order valence-electron chi connectivity index (χ2n) is 9.34. The van der Waals surface area contributed by atoms with Gasteiger partial charge < -0.3 is 21.1 Å². The average molecular weight is 489 g/mol. The number of carbonyl (C=O) groups is 3. The van der Waals surface area contributed by atoms with Crippen molar-refractivity contribution in [2.45, 2.75) is 38.1 Å². The number of nitrogens with one attached hydrogen (secondary N) is 2. The zero-order valence-corrected chi connectivity index (χ0v) is 18.1. The summed E-state index contributed by atoms with van der Waals surface area (Å²) < 4.78 is 72.9. The second kappa shape index (κ2) is 9.12. The molecule has 0 radical (unpaired) electrons. The standard InChI is InChI=1S/C22H24F5N3O4/c23-14-15(24)17(26)19(18(27)16(14)25)34-7-13(31)10(4-9-2-1-3-29-21(9)33)11-5-22(11)6-12(20(28)32)30-8-22/h9-12,30H,1-8H2,(H2,28,32)(H,29,33)/t9-,10-,11?,12?,22?/m0/s1. The molecule has 3 unspecified atom stereocenters. The third kappa shape index (κ3) is 4.35. The molecule has 3 fully saturated rings. The first-order valence-electron chi connectivity index (χ1n) is 11.0. The lowest BCUT2D eigenvalue weighted by Crippen LogP contribution is -2.39. The molecule has 12 heteroatoms. The number of amides is 2. The predicted octanol–water partition coefficient (Wildman–Crippen LogP) is 1.72. The molecule has 4 rings (SSSR count). The number of nitrogens with two attached hydrogens (primary N) is 1. The van der Waals surface area contributed by atoms with E-state index in [4.69, 9.17) is 10.5 Å². The fourth-order valence-electron chi connectivity index (χ4n) is 5.31. The Hall–Kier alpha value is -2.76. The van der Waals surface area contributed by atoms with Crippen molar-refractivity contribution < 1.29 is 41.1 Å². The highest BCUT2D eigenvalue weighted by Gasteiger charge is 2.62. The molecule has 186 valence electrons. The van der Waals surface area contributed by atoms with E-state index in [-0.39, 0.29) is 18.2 Å². The van der Waals surface area contributed by atoms with Crippen LogP contribution in [0.5, 0.6) is 5.75 Å². The summed E-state index contributed by atoms with van der Waals surface area (Å²) in [5, 5.41) is 5.76. The van der Waals surface area contributed by atoms with E-state index in [1.807, 2.05) is 0 Å². The normalized spacial score (nSPS) is 29.1.